The third kappa shape index (κ3) is 4.97. The molecule has 0 aliphatic heterocycles. The van der Waals surface area contributed by atoms with Crippen LogP contribution in [0.3, 0.4) is 0 Å². The molecule has 1 N–H and O–H groups in total. The van der Waals surface area contributed by atoms with Gasteiger partial charge in [-0.3, -0.25) is 0 Å². The topological polar surface area (TPSA) is 50.2 Å². The summed E-state index contributed by atoms with van der Waals surface area (Å²) in [6, 6.07) is 9.94. The van der Waals surface area contributed by atoms with Gasteiger partial charge in [-0.25, -0.2) is 9.48 Å². The van der Waals surface area contributed by atoms with Gasteiger partial charge in [0.1, 0.15) is 0 Å². The van der Waals surface area contributed by atoms with Crippen molar-refractivity contribution < 1.29 is 4.79 Å². The molecule has 1 aromatic carbocycles. The lowest BCUT2D eigenvalue weighted by atomic mass is 9.89. The Bertz CT molecular complexity index is 705. The normalized spacial score (nSPS) is 14.8. The largest absolute Gasteiger partial charge is 0.334 e. The third-order valence-electron chi connectivity index (χ3n) is 4.96. The molecule has 1 aliphatic carbocycles. The smallest absolute Gasteiger partial charge is 0.317 e. The molecule has 0 radical (unpaired) electrons. The summed E-state index contributed by atoms with van der Waals surface area (Å²) in [5, 5.41) is 7.31. The van der Waals surface area contributed by atoms with Gasteiger partial charge in [0.2, 0.25) is 0 Å². The molecule has 0 unspecified atom stereocenters. The van der Waals surface area contributed by atoms with Gasteiger partial charge in [0, 0.05) is 32.0 Å². The molecule has 1 saturated carbocycles. The van der Waals surface area contributed by atoms with E-state index in [1.807, 2.05) is 46.1 Å². The quantitative estimate of drug-likeness (QED) is 0.761. The Morgan fingerprint density at radius 3 is 2.88 bits per heavy atom. The molecule has 1 aliphatic rings. The maximum absolute atomic E-state index is 12.6. The highest BCUT2D eigenvalue weighted by atomic mass is 16.2. The molecule has 5 heteroatoms. The van der Waals surface area contributed by atoms with E-state index in [1.165, 1.54) is 32.1 Å². The maximum atomic E-state index is 12.6. The minimum Gasteiger partial charge on any atom is -0.334 e. The first-order valence-electron chi connectivity index (χ1n) is 9.49. The molecule has 0 bridgehead atoms. The zero-order chi connectivity index (χ0) is 18.2. The van der Waals surface area contributed by atoms with Crippen molar-refractivity contribution >= 4 is 6.03 Å². The van der Waals surface area contributed by atoms with Crippen LogP contribution in [0.4, 0.5) is 4.79 Å². The van der Waals surface area contributed by atoms with E-state index in [0.29, 0.717) is 19.0 Å². The van der Waals surface area contributed by atoms with Gasteiger partial charge in [-0.1, -0.05) is 37.5 Å². The van der Waals surface area contributed by atoms with E-state index in [1.54, 1.807) is 12.3 Å². The lowest BCUT2D eigenvalue weighted by Gasteiger charge is -2.29. The van der Waals surface area contributed by atoms with Crippen LogP contribution in [0.25, 0.3) is 5.69 Å². The van der Waals surface area contributed by atoms with Gasteiger partial charge in [-0.05, 0) is 42.5 Å². The Morgan fingerprint density at radius 1 is 1.31 bits per heavy atom. The highest BCUT2D eigenvalue weighted by Crippen LogP contribution is 2.24. The Kier molecular flexibility index (Phi) is 6.47. The summed E-state index contributed by atoms with van der Waals surface area (Å²) >= 11 is 0. The second kappa shape index (κ2) is 9.22. The summed E-state index contributed by atoms with van der Waals surface area (Å²) in [7, 11) is 0. The van der Waals surface area contributed by atoms with Gasteiger partial charge < -0.3 is 10.2 Å². The first kappa shape index (κ1) is 18.2. The van der Waals surface area contributed by atoms with Gasteiger partial charge in [0.05, 0.1) is 5.69 Å². The molecule has 5 nitrogen and oxygen atoms in total. The fourth-order valence-corrected chi connectivity index (χ4v) is 3.60. The van der Waals surface area contributed by atoms with E-state index in [4.69, 9.17) is 0 Å². The number of carbonyl (C=O) groups is 1. The van der Waals surface area contributed by atoms with Crippen LogP contribution < -0.4 is 5.32 Å². The third-order valence-corrected chi connectivity index (χ3v) is 4.96. The number of aromatic nitrogens is 2. The highest BCUT2D eigenvalue weighted by molar-refractivity contribution is 5.74. The van der Waals surface area contributed by atoms with Gasteiger partial charge in [-0.2, -0.15) is 5.10 Å². The summed E-state index contributed by atoms with van der Waals surface area (Å²) in [6.07, 6.45) is 11.8. The Labute approximate surface area is 155 Å². The van der Waals surface area contributed by atoms with Crippen molar-refractivity contribution in [2.75, 3.05) is 13.1 Å². The van der Waals surface area contributed by atoms with Crippen molar-refractivity contribution in [1.82, 2.24) is 20.0 Å². The summed E-state index contributed by atoms with van der Waals surface area (Å²) in [5.74, 6) is 0.623. The number of benzene rings is 1. The van der Waals surface area contributed by atoms with E-state index >= 15 is 0 Å². The minimum absolute atomic E-state index is 0.0139. The van der Waals surface area contributed by atoms with Gasteiger partial charge in [0.25, 0.3) is 0 Å². The predicted molar refractivity (Wildman–Crippen MR) is 104 cm³/mol. The zero-order valence-corrected chi connectivity index (χ0v) is 15.3. The van der Waals surface area contributed by atoms with Crippen LogP contribution in [-0.2, 0) is 6.54 Å². The number of rotatable bonds is 7. The van der Waals surface area contributed by atoms with Crippen molar-refractivity contribution in [2.24, 2.45) is 5.92 Å². The van der Waals surface area contributed by atoms with Crippen LogP contribution in [0.5, 0.6) is 0 Å². The second-order valence-electron chi connectivity index (χ2n) is 6.98. The molecule has 26 heavy (non-hydrogen) atoms. The molecule has 1 fully saturated rings. The lowest BCUT2D eigenvalue weighted by Crippen LogP contribution is -2.42. The predicted octanol–water partition coefficient (Wildman–Crippen LogP) is 4.15. The van der Waals surface area contributed by atoms with E-state index in [0.717, 1.165) is 17.8 Å². The highest BCUT2D eigenvalue weighted by Gasteiger charge is 2.20. The fraction of sp³-hybridized carbons (Fsp3) is 0.429. The molecule has 2 amide bonds. The molecule has 1 aromatic heterocycles. The number of amides is 2. The van der Waals surface area contributed by atoms with E-state index in [-0.39, 0.29) is 6.03 Å². The first-order valence-corrected chi connectivity index (χ1v) is 9.49. The average molecular weight is 352 g/mol. The summed E-state index contributed by atoms with van der Waals surface area (Å²) in [6.45, 7) is 5.73. The molecule has 1 heterocycles. The van der Waals surface area contributed by atoms with E-state index in [9.17, 15) is 4.79 Å². The standard InChI is InChI=1S/C21H28N4O/c1-2-13-24(17-18-8-4-3-5-9-18)21(26)22-16-19-10-6-11-20(15-19)25-14-7-12-23-25/h2,6-7,10-12,14-15,18H,1,3-5,8-9,13,16-17H2,(H,22,26). The van der Waals surface area contributed by atoms with Crippen molar-refractivity contribution in [2.45, 2.75) is 38.6 Å². The van der Waals surface area contributed by atoms with Crippen LogP contribution in [0, 0.1) is 5.92 Å². The first-order chi connectivity index (χ1) is 12.8. The molecular weight excluding hydrogens is 324 g/mol. The second-order valence-corrected chi connectivity index (χ2v) is 6.98. The van der Waals surface area contributed by atoms with Gasteiger partial charge in [0.15, 0.2) is 0 Å². The maximum Gasteiger partial charge on any atom is 0.317 e. The SMILES string of the molecule is C=CCN(CC1CCCCC1)C(=O)NCc1cccc(-n2cccn2)c1. The van der Waals surface area contributed by atoms with Crippen molar-refractivity contribution in [3.8, 4) is 5.69 Å². The van der Waals surface area contributed by atoms with E-state index in [2.05, 4.69) is 17.0 Å². The molecular formula is C21H28N4O. The van der Waals surface area contributed by atoms with Crippen LogP contribution in [-0.4, -0.2) is 33.8 Å². The van der Waals surface area contributed by atoms with Crippen molar-refractivity contribution in [1.29, 1.82) is 0 Å². The number of nitrogens with zero attached hydrogens (tertiary/aromatic N) is 3. The number of urea groups is 1. The molecule has 3 rings (SSSR count). The van der Waals surface area contributed by atoms with Gasteiger partial charge in [-0.15, -0.1) is 6.58 Å². The minimum atomic E-state index is -0.0139. The van der Waals surface area contributed by atoms with E-state index < -0.39 is 0 Å². The van der Waals surface area contributed by atoms with Crippen molar-refractivity contribution in [3.05, 3.63) is 60.9 Å². The molecule has 0 atom stereocenters. The molecule has 2 aromatic rings. The monoisotopic (exact) mass is 352 g/mol. The Hall–Kier alpha value is -2.56. The summed E-state index contributed by atoms with van der Waals surface area (Å²) in [5.41, 5.74) is 2.05. The van der Waals surface area contributed by atoms with Crippen LogP contribution in [0.1, 0.15) is 37.7 Å². The van der Waals surface area contributed by atoms with Crippen LogP contribution in [0.2, 0.25) is 0 Å². The molecule has 0 saturated heterocycles. The Morgan fingerprint density at radius 2 is 2.15 bits per heavy atom. The number of hydrogen-bond donors (Lipinski definition) is 1. The number of hydrogen-bond acceptors (Lipinski definition) is 2. The van der Waals surface area contributed by atoms with Gasteiger partial charge >= 0.3 is 6.03 Å². The Balaban J connectivity index is 1.57. The summed E-state index contributed by atoms with van der Waals surface area (Å²) < 4.78 is 1.82. The van der Waals surface area contributed by atoms with Crippen LogP contribution >= 0.6 is 0 Å². The van der Waals surface area contributed by atoms with Crippen LogP contribution in [0.15, 0.2) is 55.4 Å². The molecule has 138 valence electrons. The fourth-order valence-electron chi connectivity index (χ4n) is 3.60. The molecule has 0 spiro atoms. The number of nitrogens with one attached hydrogen (secondary N) is 1. The average Bonchev–Trinajstić information content (AvgIpc) is 3.22. The number of carbonyl (C=O) groups excluding carboxylic acids is 1. The zero-order valence-electron chi connectivity index (χ0n) is 15.3. The van der Waals surface area contributed by atoms with Crippen molar-refractivity contribution in [3.63, 3.8) is 0 Å². The summed E-state index contributed by atoms with van der Waals surface area (Å²) in [4.78, 5) is 14.5. The lowest BCUT2D eigenvalue weighted by molar-refractivity contribution is 0.184.